The summed E-state index contributed by atoms with van der Waals surface area (Å²) >= 11 is 1.62. The summed E-state index contributed by atoms with van der Waals surface area (Å²) in [5.74, 6) is 0.343. The van der Waals surface area contributed by atoms with Crippen LogP contribution in [0.5, 0.6) is 0 Å². The largest absolute Gasteiger partial charge is 0.345 e. The number of nitrogens with one attached hydrogen (secondary N) is 1. The van der Waals surface area contributed by atoms with Crippen LogP contribution in [0.25, 0.3) is 0 Å². The van der Waals surface area contributed by atoms with Gasteiger partial charge in [0, 0.05) is 6.54 Å². The van der Waals surface area contributed by atoms with Crippen molar-refractivity contribution in [3.8, 4) is 0 Å². The van der Waals surface area contributed by atoms with Crippen molar-refractivity contribution < 1.29 is 9.59 Å². The van der Waals surface area contributed by atoms with E-state index in [1.807, 2.05) is 23.8 Å². The number of rotatable bonds is 3. The fourth-order valence-corrected chi connectivity index (χ4v) is 3.34. The number of nitrogens with zero attached hydrogens (tertiary/aromatic N) is 1. The van der Waals surface area contributed by atoms with Crippen LogP contribution in [-0.2, 0) is 16.1 Å². The highest BCUT2D eigenvalue weighted by atomic mass is 32.1. The fourth-order valence-electron chi connectivity index (χ4n) is 2.68. The SMILES string of the molecule is CC1(C2CC2)C(=O)NCC(=O)N1Cc1ccsc1. The molecule has 2 aliphatic rings. The lowest BCUT2D eigenvalue weighted by Gasteiger charge is -2.43. The second-order valence-corrected chi connectivity index (χ2v) is 6.00. The first-order valence-corrected chi connectivity index (χ1v) is 7.16. The molecule has 96 valence electrons. The minimum atomic E-state index is -0.655. The topological polar surface area (TPSA) is 49.4 Å². The zero-order valence-corrected chi connectivity index (χ0v) is 11.1. The highest BCUT2D eigenvalue weighted by molar-refractivity contribution is 7.07. The first kappa shape index (κ1) is 11.7. The molecule has 0 bridgehead atoms. The lowest BCUT2D eigenvalue weighted by Crippen LogP contribution is -2.66. The quantitative estimate of drug-likeness (QED) is 0.896. The van der Waals surface area contributed by atoms with Gasteiger partial charge >= 0.3 is 0 Å². The lowest BCUT2D eigenvalue weighted by atomic mass is 9.89. The van der Waals surface area contributed by atoms with Crippen molar-refractivity contribution in [3.63, 3.8) is 0 Å². The van der Waals surface area contributed by atoms with Gasteiger partial charge < -0.3 is 10.2 Å². The maximum atomic E-state index is 12.2. The molecule has 1 aromatic heterocycles. The molecule has 0 aromatic carbocycles. The maximum absolute atomic E-state index is 12.2. The zero-order valence-electron chi connectivity index (χ0n) is 10.3. The molecule has 1 aliphatic heterocycles. The van der Waals surface area contributed by atoms with E-state index >= 15 is 0 Å². The molecule has 2 amide bonds. The summed E-state index contributed by atoms with van der Waals surface area (Å²) in [6.45, 7) is 2.58. The van der Waals surface area contributed by atoms with Gasteiger partial charge in [0.15, 0.2) is 0 Å². The Morgan fingerprint density at radius 1 is 1.50 bits per heavy atom. The number of carbonyl (C=O) groups excluding carboxylic acids is 2. The highest BCUT2D eigenvalue weighted by Crippen LogP contribution is 2.44. The molecular formula is C13H16N2O2S. The summed E-state index contributed by atoms with van der Waals surface area (Å²) in [5.41, 5.74) is 0.451. The molecule has 2 fully saturated rings. The minimum absolute atomic E-state index is 0.000158. The van der Waals surface area contributed by atoms with Crippen LogP contribution >= 0.6 is 11.3 Å². The average Bonchev–Trinajstić information content (AvgIpc) is 3.09. The van der Waals surface area contributed by atoms with Gasteiger partial charge in [-0.2, -0.15) is 11.3 Å². The van der Waals surface area contributed by atoms with Crippen molar-refractivity contribution in [3.05, 3.63) is 22.4 Å². The predicted molar refractivity (Wildman–Crippen MR) is 69.0 cm³/mol. The van der Waals surface area contributed by atoms with Crippen LogP contribution < -0.4 is 5.32 Å². The Labute approximate surface area is 110 Å². The normalized spacial score (nSPS) is 28.4. The maximum Gasteiger partial charge on any atom is 0.246 e. The molecule has 1 aliphatic carbocycles. The van der Waals surface area contributed by atoms with Gasteiger partial charge in [0.1, 0.15) is 5.54 Å². The second kappa shape index (κ2) is 4.09. The smallest absolute Gasteiger partial charge is 0.246 e. The van der Waals surface area contributed by atoms with E-state index in [9.17, 15) is 9.59 Å². The molecule has 18 heavy (non-hydrogen) atoms. The number of hydrogen-bond donors (Lipinski definition) is 1. The van der Waals surface area contributed by atoms with Gasteiger partial charge in [-0.25, -0.2) is 0 Å². The van der Waals surface area contributed by atoms with Crippen molar-refractivity contribution >= 4 is 23.2 Å². The van der Waals surface area contributed by atoms with Crippen LogP contribution in [0.15, 0.2) is 16.8 Å². The third kappa shape index (κ3) is 1.73. The Morgan fingerprint density at radius 2 is 2.28 bits per heavy atom. The van der Waals surface area contributed by atoms with E-state index in [1.54, 1.807) is 16.2 Å². The Morgan fingerprint density at radius 3 is 2.89 bits per heavy atom. The third-order valence-electron chi connectivity index (χ3n) is 4.01. The van der Waals surface area contributed by atoms with E-state index in [1.165, 1.54) is 0 Å². The summed E-state index contributed by atoms with van der Waals surface area (Å²) in [7, 11) is 0. The number of piperazine rings is 1. The van der Waals surface area contributed by atoms with Crippen LogP contribution in [0.3, 0.4) is 0 Å². The molecule has 4 nitrogen and oxygen atoms in total. The van der Waals surface area contributed by atoms with Gasteiger partial charge in [0.25, 0.3) is 0 Å². The molecule has 1 atom stereocenters. The van der Waals surface area contributed by atoms with Crippen LogP contribution in [-0.4, -0.2) is 28.8 Å². The van der Waals surface area contributed by atoms with Crippen molar-refractivity contribution in [1.82, 2.24) is 10.2 Å². The van der Waals surface area contributed by atoms with Crippen LogP contribution in [0.2, 0.25) is 0 Å². The molecule has 2 heterocycles. The number of hydrogen-bond acceptors (Lipinski definition) is 3. The second-order valence-electron chi connectivity index (χ2n) is 5.22. The molecule has 1 saturated carbocycles. The van der Waals surface area contributed by atoms with Crippen LogP contribution in [0.4, 0.5) is 0 Å². The molecule has 0 spiro atoms. The monoisotopic (exact) mass is 264 g/mol. The Bertz CT molecular complexity index is 481. The van der Waals surface area contributed by atoms with E-state index in [0.29, 0.717) is 12.5 Å². The van der Waals surface area contributed by atoms with E-state index in [-0.39, 0.29) is 18.4 Å². The van der Waals surface area contributed by atoms with Crippen molar-refractivity contribution in [2.75, 3.05) is 6.54 Å². The highest BCUT2D eigenvalue weighted by Gasteiger charge is 2.54. The summed E-state index contributed by atoms with van der Waals surface area (Å²) in [6, 6.07) is 2.01. The van der Waals surface area contributed by atoms with Gasteiger partial charge in [-0.05, 0) is 48.1 Å². The van der Waals surface area contributed by atoms with Crippen molar-refractivity contribution in [1.29, 1.82) is 0 Å². The van der Waals surface area contributed by atoms with Gasteiger partial charge in [0.2, 0.25) is 11.8 Å². The molecule has 5 heteroatoms. The summed E-state index contributed by atoms with van der Waals surface area (Å²) in [4.78, 5) is 26.1. The van der Waals surface area contributed by atoms with E-state index in [2.05, 4.69) is 5.32 Å². The van der Waals surface area contributed by atoms with Crippen LogP contribution in [0.1, 0.15) is 25.3 Å². The summed E-state index contributed by atoms with van der Waals surface area (Å²) in [5, 5.41) is 6.76. The molecule has 1 unspecified atom stereocenters. The van der Waals surface area contributed by atoms with Crippen LogP contribution in [0, 0.1) is 5.92 Å². The number of thiophene rings is 1. The molecule has 0 radical (unpaired) electrons. The van der Waals surface area contributed by atoms with E-state index < -0.39 is 5.54 Å². The molecule has 1 N–H and O–H groups in total. The number of amides is 2. The Balaban J connectivity index is 1.91. The number of carbonyl (C=O) groups is 2. The van der Waals surface area contributed by atoms with Gasteiger partial charge in [0.05, 0.1) is 6.54 Å². The molecule has 1 saturated heterocycles. The minimum Gasteiger partial charge on any atom is -0.345 e. The van der Waals surface area contributed by atoms with Gasteiger partial charge in [-0.3, -0.25) is 9.59 Å². The van der Waals surface area contributed by atoms with Crippen molar-refractivity contribution in [2.24, 2.45) is 5.92 Å². The van der Waals surface area contributed by atoms with Gasteiger partial charge in [-0.1, -0.05) is 0 Å². The summed E-state index contributed by atoms with van der Waals surface area (Å²) in [6.07, 6.45) is 2.08. The van der Waals surface area contributed by atoms with Gasteiger partial charge in [-0.15, -0.1) is 0 Å². The molecule has 3 rings (SSSR count). The standard InChI is InChI=1S/C13H16N2O2S/c1-13(10-2-3-10)12(17)14-6-11(16)15(13)7-9-4-5-18-8-9/h4-5,8,10H,2-3,6-7H2,1H3,(H,14,17). The Hall–Kier alpha value is -1.36. The van der Waals surface area contributed by atoms with E-state index in [4.69, 9.17) is 0 Å². The third-order valence-corrected chi connectivity index (χ3v) is 4.75. The zero-order chi connectivity index (χ0) is 12.8. The average molecular weight is 264 g/mol. The first-order chi connectivity index (χ1) is 8.62. The molecule has 1 aromatic rings. The molecular weight excluding hydrogens is 248 g/mol. The predicted octanol–water partition coefficient (Wildman–Crippen LogP) is 1.38. The summed E-state index contributed by atoms with van der Waals surface area (Å²) < 4.78 is 0. The van der Waals surface area contributed by atoms with E-state index in [0.717, 1.165) is 18.4 Å². The Kier molecular flexibility index (Phi) is 2.66. The first-order valence-electron chi connectivity index (χ1n) is 6.22. The lowest BCUT2D eigenvalue weighted by molar-refractivity contribution is -0.155. The fraction of sp³-hybridized carbons (Fsp3) is 0.538. The van der Waals surface area contributed by atoms with Crippen molar-refractivity contribution in [2.45, 2.75) is 31.8 Å².